The summed E-state index contributed by atoms with van der Waals surface area (Å²) in [5, 5.41) is 11.8. The Balaban J connectivity index is 0.00000196. The number of amides is 1. The first-order valence-electron chi connectivity index (χ1n) is 4.45. The summed E-state index contributed by atoms with van der Waals surface area (Å²) in [5.41, 5.74) is 4.00. The average molecular weight is 239 g/mol. The monoisotopic (exact) mass is 238 g/mol. The zero-order valence-electron chi connectivity index (χ0n) is 8.19. The number of piperidine rings is 1. The number of nitrogens with one attached hydrogen (secondary N) is 1. The standard InChI is InChI=1S/C8H14N2O4.ClH/c9-7(13)14-8(5-6(11)12)1-3-10-4-2-8;/h10H,1-5H2,(H2,9,13)(H,11,12);1H. The molecule has 0 spiro atoms. The van der Waals surface area contributed by atoms with Crippen molar-refractivity contribution in [1.29, 1.82) is 0 Å². The van der Waals surface area contributed by atoms with Gasteiger partial charge in [0.15, 0.2) is 0 Å². The predicted octanol–water partition coefficient (Wildman–Crippen LogP) is 0.100. The van der Waals surface area contributed by atoms with Crippen LogP contribution in [0.1, 0.15) is 19.3 Å². The third-order valence-electron chi connectivity index (χ3n) is 2.31. The maximum absolute atomic E-state index is 10.6. The molecule has 1 fully saturated rings. The topological polar surface area (TPSA) is 102 Å². The van der Waals surface area contributed by atoms with Crippen LogP contribution in [0.25, 0.3) is 0 Å². The molecule has 88 valence electrons. The van der Waals surface area contributed by atoms with Crippen molar-refractivity contribution in [3.8, 4) is 0 Å². The fourth-order valence-corrected chi connectivity index (χ4v) is 1.69. The quantitative estimate of drug-likeness (QED) is 0.647. The van der Waals surface area contributed by atoms with Crippen LogP contribution in [0.15, 0.2) is 0 Å². The van der Waals surface area contributed by atoms with Crippen LogP contribution >= 0.6 is 12.4 Å². The Hall–Kier alpha value is -1.01. The lowest BCUT2D eigenvalue weighted by Crippen LogP contribution is -2.47. The largest absolute Gasteiger partial charge is 0.481 e. The van der Waals surface area contributed by atoms with Gasteiger partial charge in [-0.15, -0.1) is 12.4 Å². The number of hydrogen-bond acceptors (Lipinski definition) is 4. The first-order valence-corrected chi connectivity index (χ1v) is 4.45. The maximum Gasteiger partial charge on any atom is 0.405 e. The molecule has 0 aromatic rings. The van der Waals surface area contributed by atoms with Crippen LogP contribution in [0.3, 0.4) is 0 Å². The SMILES string of the molecule is Cl.NC(=O)OC1(CC(=O)O)CCNCC1. The lowest BCUT2D eigenvalue weighted by atomic mass is 9.89. The van der Waals surface area contributed by atoms with Gasteiger partial charge in [0.05, 0.1) is 6.42 Å². The molecule has 1 heterocycles. The smallest absolute Gasteiger partial charge is 0.405 e. The lowest BCUT2D eigenvalue weighted by molar-refractivity contribution is -0.143. The van der Waals surface area contributed by atoms with Gasteiger partial charge in [-0.05, 0) is 13.1 Å². The van der Waals surface area contributed by atoms with Crippen molar-refractivity contribution in [2.24, 2.45) is 5.73 Å². The van der Waals surface area contributed by atoms with Crippen LogP contribution < -0.4 is 11.1 Å². The van der Waals surface area contributed by atoms with Crippen LogP contribution in [0.4, 0.5) is 4.79 Å². The van der Waals surface area contributed by atoms with Gasteiger partial charge in [-0.25, -0.2) is 4.79 Å². The van der Waals surface area contributed by atoms with Crippen molar-refractivity contribution < 1.29 is 19.4 Å². The maximum atomic E-state index is 10.6. The summed E-state index contributed by atoms with van der Waals surface area (Å²) >= 11 is 0. The average Bonchev–Trinajstić information content (AvgIpc) is 2.01. The minimum atomic E-state index is -0.979. The van der Waals surface area contributed by atoms with Gasteiger partial charge in [0.1, 0.15) is 5.60 Å². The Bertz CT molecular complexity index is 223. The van der Waals surface area contributed by atoms with E-state index in [1.54, 1.807) is 0 Å². The van der Waals surface area contributed by atoms with E-state index in [-0.39, 0.29) is 18.8 Å². The third kappa shape index (κ3) is 4.35. The summed E-state index contributed by atoms with van der Waals surface area (Å²) in [6.07, 6.45) is -0.115. The van der Waals surface area contributed by atoms with E-state index in [0.717, 1.165) is 0 Å². The molecule has 1 amide bonds. The van der Waals surface area contributed by atoms with Gasteiger partial charge in [0, 0.05) is 12.8 Å². The molecule has 6 nitrogen and oxygen atoms in total. The molecule has 1 aliphatic rings. The number of rotatable bonds is 3. The highest BCUT2D eigenvalue weighted by atomic mass is 35.5. The molecular weight excluding hydrogens is 224 g/mol. The number of halogens is 1. The Morgan fingerprint density at radius 1 is 1.40 bits per heavy atom. The number of primary amides is 1. The molecule has 7 heteroatoms. The van der Waals surface area contributed by atoms with Crippen molar-refractivity contribution in [2.45, 2.75) is 24.9 Å². The molecule has 1 aliphatic heterocycles. The van der Waals surface area contributed by atoms with Crippen LogP contribution in [-0.4, -0.2) is 35.9 Å². The highest BCUT2D eigenvalue weighted by Gasteiger charge is 2.37. The number of nitrogens with two attached hydrogens (primary N) is 1. The second-order valence-corrected chi connectivity index (χ2v) is 3.42. The summed E-state index contributed by atoms with van der Waals surface area (Å²) in [6.45, 7) is 1.28. The molecule has 0 aromatic carbocycles. The number of carboxylic acids is 1. The van der Waals surface area contributed by atoms with E-state index < -0.39 is 17.7 Å². The van der Waals surface area contributed by atoms with Gasteiger partial charge in [-0.1, -0.05) is 0 Å². The minimum absolute atomic E-state index is 0. The van der Waals surface area contributed by atoms with Gasteiger partial charge >= 0.3 is 12.1 Å². The zero-order chi connectivity index (χ0) is 10.6. The molecule has 1 rings (SSSR count). The molecule has 0 bridgehead atoms. The lowest BCUT2D eigenvalue weighted by Gasteiger charge is -2.35. The van der Waals surface area contributed by atoms with Crippen molar-refractivity contribution >= 4 is 24.5 Å². The summed E-state index contributed by atoms with van der Waals surface area (Å²) < 4.78 is 4.91. The van der Waals surface area contributed by atoms with Crippen LogP contribution in [0.2, 0.25) is 0 Å². The molecule has 0 aliphatic carbocycles. The molecule has 0 aromatic heterocycles. The van der Waals surface area contributed by atoms with Crippen LogP contribution in [0, 0.1) is 0 Å². The molecule has 1 saturated heterocycles. The van der Waals surface area contributed by atoms with Crippen molar-refractivity contribution in [1.82, 2.24) is 5.32 Å². The highest BCUT2D eigenvalue weighted by molar-refractivity contribution is 5.85. The Labute approximate surface area is 93.6 Å². The van der Waals surface area contributed by atoms with Crippen molar-refractivity contribution in [3.05, 3.63) is 0 Å². The van der Waals surface area contributed by atoms with E-state index in [2.05, 4.69) is 5.32 Å². The number of aliphatic carboxylic acids is 1. The fourth-order valence-electron chi connectivity index (χ4n) is 1.69. The summed E-state index contributed by atoms with van der Waals surface area (Å²) in [7, 11) is 0. The second kappa shape index (κ2) is 5.77. The van der Waals surface area contributed by atoms with Crippen molar-refractivity contribution in [2.75, 3.05) is 13.1 Å². The van der Waals surface area contributed by atoms with Gasteiger partial charge < -0.3 is 20.9 Å². The van der Waals surface area contributed by atoms with E-state index in [1.165, 1.54) is 0 Å². The Morgan fingerprint density at radius 3 is 2.33 bits per heavy atom. The summed E-state index contributed by atoms with van der Waals surface area (Å²) in [4.78, 5) is 21.2. The van der Waals surface area contributed by atoms with Gasteiger partial charge in [0.2, 0.25) is 0 Å². The molecule has 0 saturated carbocycles. The zero-order valence-corrected chi connectivity index (χ0v) is 9.01. The normalized spacial score (nSPS) is 18.7. The third-order valence-corrected chi connectivity index (χ3v) is 2.31. The van der Waals surface area contributed by atoms with Gasteiger partial charge in [0.25, 0.3) is 0 Å². The van der Waals surface area contributed by atoms with Gasteiger partial charge in [-0.3, -0.25) is 4.79 Å². The fraction of sp³-hybridized carbons (Fsp3) is 0.750. The van der Waals surface area contributed by atoms with Crippen molar-refractivity contribution in [3.63, 3.8) is 0 Å². The molecular formula is C8H15ClN2O4. The first kappa shape index (κ1) is 14.0. The van der Waals surface area contributed by atoms with Gasteiger partial charge in [-0.2, -0.15) is 0 Å². The molecule has 0 radical (unpaired) electrons. The summed E-state index contributed by atoms with van der Waals surface area (Å²) in [5.74, 6) is -0.979. The van der Waals surface area contributed by atoms with E-state index >= 15 is 0 Å². The molecule has 0 atom stereocenters. The van der Waals surface area contributed by atoms with Crippen LogP contribution in [0.5, 0.6) is 0 Å². The Kier molecular flexibility index (Phi) is 5.38. The number of carbonyl (C=O) groups excluding carboxylic acids is 1. The first-order chi connectivity index (χ1) is 6.54. The number of hydrogen-bond donors (Lipinski definition) is 3. The molecule has 0 unspecified atom stereocenters. The number of ether oxygens (including phenoxy) is 1. The van der Waals surface area contributed by atoms with E-state index in [9.17, 15) is 9.59 Å². The van der Waals surface area contributed by atoms with Crippen LogP contribution in [-0.2, 0) is 9.53 Å². The van der Waals surface area contributed by atoms with E-state index in [1.807, 2.05) is 0 Å². The summed E-state index contributed by atoms with van der Waals surface area (Å²) in [6, 6.07) is 0. The Morgan fingerprint density at radius 2 is 1.93 bits per heavy atom. The second-order valence-electron chi connectivity index (χ2n) is 3.42. The molecule has 15 heavy (non-hydrogen) atoms. The van der Waals surface area contributed by atoms with E-state index in [4.69, 9.17) is 15.6 Å². The highest BCUT2D eigenvalue weighted by Crippen LogP contribution is 2.26. The number of carboxylic acid groups (broad SMARTS) is 1. The predicted molar refractivity (Wildman–Crippen MR) is 55.0 cm³/mol. The molecule has 4 N–H and O–H groups in total. The number of carbonyl (C=O) groups is 2. The van der Waals surface area contributed by atoms with E-state index in [0.29, 0.717) is 25.9 Å². The minimum Gasteiger partial charge on any atom is -0.481 e.